The minimum Gasteiger partial charge on any atom is -0.315 e. The van der Waals surface area contributed by atoms with E-state index in [9.17, 15) is 0 Å². The topological polar surface area (TPSA) is 9.34 Å². The van der Waals surface area contributed by atoms with E-state index < -0.39 is 0 Å². The molecule has 41 heavy (non-hydrogen) atoms. The lowest BCUT2D eigenvalue weighted by Crippen LogP contribution is -1.94. The van der Waals surface area contributed by atoms with Gasteiger partial charge in [0.25, 0.3) is 0 Å². The Kier molecular flexibility index (Phi) is 4.10. The summed E-state index contributed by atoms with van der Waals surface area (Å²) in [7, 11) is 0. The van der Waals surface area contributed by atoms with Gasteiger partial charge in [-0.05, 0) is 53.9 Å². The molecule has 10 rings (SSSR count). The quantitative estimate of drug-likeness (QED) is 0.184. The predicted molar refractivity (Wildman–Crippen MR) is 177 cm³/mol. The third-order valence-electron chi connectivity index (χ3n) is 8.86. The molecule has 4 aromatic heterocycles. The monoisotopic (exact) mass is 538 g/mol. The molecule has 0 saturated heterocycles. The van der Waals surface area contributed by atoms with Gasteiger partial charge in [0.2, 0.25) is 0 Å². The fourth-order valence-corrected chi connectivity index (χ4v) is 8.29. The molecule has 0 saturated carbocycles. The van der Waals surface area contributed by atoms with E-state index in [0.717, 1.165) is 0 Å². The maximum atomic E-state index is 2.47. The maximum absolute atomic E-state index is 2.47. The first-order valence-electron chi connectivity index (χ1n) is 14.0. The van der Waals surface area contributed by atoms with Crippen LogP contribution in [0.25, 0.3) is 85.6 Å². The molecule has 0 aliphatic rings. The summed E-state index contributed by atoms with van der Waals surface area (Å²) in [5.41, 5.74) is 6.18. The number of hydrogen-bond donors (Lipinski definition) is 0. The lowest BCUT2D eigenvalue weighted by atomic mass is 9.97. The summed E-state index contributed by atoms with van der Waals surface area (Å²) in [6, 6.07) is 46.8. The Labute approximate surface area is 238 Å². The van der Waals surface area contributed by atoms with Crippen LogP contribution in [0, 0.1) is 0 Å². The second-order valence-electron chi connectivity index (χ2n) is 11.0. The van der Waals surface area contributed by atoms with Crippen LogP contribution >= 0.6 is 11.3 Å². The van der Waals surface area contributed by atoms with Crippen LogP contribution in [0.3, 0.4) is 0 Å². The highest BCUT2D eigenvalue weighted by molar-refractivity contribution is 7.26. The first-order valence-corrected chi connectivity index (χ1v) is 14.8. The highest BCUT2D eigenvalue weighted by atomic mass is 32.1. The minimum atomic E-state index is 1.18. The van der Waals surface area contributed by atoms with Gasteiger partial charge in [-0.15, -0.1) is 11.3 Å². The molecule has 0 N–H and O–H groups in total. The zero-order valence-electron chi connectivity index (χ0n) is 22.0. The van der Waals surface area contributed by atoms with E-state index in [1.807, 2.05) is 11.3 Å². The molecule has 0 aliphatic carbocycles. The van der Waals surface area contributed by atoms with Crippen LogP contribution in [-0.4, -0.2) is 8.97 Å². The minimum absolute atomic E-state index is 1.18. The maximum Gasteiger partial charge on any atom is 0.0613 e. The molecule has 0 amide bonds. The Hall–Kier alpha value is -5.12. The second kappa shape index (κ2) is 7.75. The Morgan fingerprint density at radius 1 is 0.439 bits per heavy atom. The van der Waals surface area contributed by atoms with Gasteiger partial charge in [-0.2, -0.15) is 0 Å². The van der Waals surface area contributed by atoms with E-state index in [2.05, 4.69) is 143 Å². The summed E-state index contributed by atoms with van der Waals surface area (Å²) in [6.07, 6.45) is 2.32. The van der Waals surface area contributed by atoms with E-state index in [1.165, 1.54) is 85.6 Å². The van der Waals surface area contributed by atoms with Crippen LogP contribution in [0.1, 0.15) is 0 Å². The van der Waals surface area contributed by atoms with Gasteiger partial charge < -0.3 is 8.97 Å². The van der Waals surface area contributed by atoms with Crippen LogP contribution in [0.4, 0.5) is 0 Å². The lowest BCUT2D eigenvalue weighted by Gasteiger charge is -2.13. The normalized spacial score (nSPS) is 12.4. The van der Waals surface area contributed by atoms with Gasteiger partial charge in [0.15, 0.2) is 0 Å². The molecule has 0 aliphatic heterocycles. The number of aromatic nitrogens is 2. The van der Waals surface area contributed by atoms with Gasteiger partial charge in [-0.25, -0.2) is 0 Å². The van der Waals surface area contributed by atoms with Gasteiger partial charge in [0.05, 0.1) is 22.1 Å². The van der Waals surface area contributed by atoms with E-state index >= 15 is 0 Å². The van der Waals surface area contributed by atoms with Crippen LogP contribution < -0.4 is 0 Å². The Morgan fingerprint density at radius 3 is 2.10 bits per heavy atom. The van der Waals surface area contributed by atoms with Crippen molar-refractivity contribution in [2.75, 3.05) is 0 Å². The molecule has 0 bridgehead atoms. The molecule has 0 fully saturated rings. The largest absolute Gasteiger partial charge is 0.315 e. The average Bonchev–Trinajstić information content (AvgIpc) is 3.70. The van der Waals surface area contributed by atoms with Crippen molar-refractivity contribution in [2.45, 2.75) is 0 Å². The Bertz CT molecular complexity index is 2690. The summed E-state index contributed by atoms with van der Waals surface area (Å²) in [5.74, 6) is 0. The Balaban J connectivity index is 1.54. The van der Waals surface area contributed by atoms with Crippen molar-refractivity contribution >= 4 is 91.3 Å². The number of nitrogens with zero attached hydrogens (tertiary/aromatic N) is 2. The summed E-state index contributed by atoms with van der Waals surface area (Å²) in [4.78, 5) is 0. The SMILES string of the molecule is c1ccc(-n2c3ccccc3c3cc4c(cc32)c2c3c(ccc2n2cc5ccccc5c42)sc2ccccc23)cc1. The first-order chi connectivity index (χ1) is 20.3. The van der Waals surface area contributed by atoms with Crippen LogP contribution in [0.5, 0.6) is 0 Å². The average molecular weight is 539 g/mol. The molecule has 0 unspecified atom stereocenters. The second-order valence-corrected chi connectivity index (χ2v) is 12.1. The molecule has 190 valence electrons. The number of benzene rings is 6. The van der Waals surface area contributed by atoms with Crippen molar-refractivity contribution in [3.8, 4) is 5.69 Å². The van der Waals surface area contributed by atoms with Gasteiger partial charge in [0, 0.05) is 64.4 Å². The van der Waals surface area contributed by atoms with Gasteiger partial charge in [-0.3, -0.25) is 0 Å². The van der Waals surface area contributed by atoms with Crippen molar-refractivity contribution in [3.05, 3.63) is 134 Å². The number of fused-ring (bicyclic) bond motifs is 15. The van der Waals surface area contributed by atoms with Crippen molar-refractivity contribution in [3.63, 3.8) is 0 Å². The molecule has 4 heterocycles. The number of pyridine rings is 1. The molecule has 6 aromatic carbocycles. The Morgan fingerprint density at radius 2 is 1.20 bits per heavy atom. The fraction of sp³-hybridized carbons (Fsp3) is 0. The zero-order valence-corrected chi connectivity index (χ0v) is 22.8. The number of hydrogen-bond acceptors (Lipinski definition) is 1. The van der Waals surface area contributed by atoms with Crippen molar-refractivity contribution in [2.24, 2.45) is 0 Å². The number of rotatable bonds is 1. The predicted octanol–water partition coefficient (Wildman–Crippen LogP) is 10.9. The molecule has 0 radical (unpaired) electrons. The highest BCUT2D eigenvalue weighted by Gasteiger charge is 2.20. The first kappa shape index (κ1) is 21.7. The number of thiophene rings is 1. The van der Waals surface area contributed by atoms with Crippen molar-refractivity contribution in [1.29, 1.82) is 0 Å². The smallest absolute Gasteiger partial charge is 0.0613 e. The molecular weight excluding hydrogens is 516 g/mol. The fourth-order valence-electron chi connectivity index (χ4n) is 7.18. The van der Waals surface area contributed by atoms with Crippen molar-refractivity contribution in [1.82, 2.24) is 8.97 Å². The molecule has 10 aromatic rings. The van der Waals surface area contributed by atoms with Crippen LogP contribution in [0.2, 0.25) is 0 Å². The van der Waals surface area contributed by atoms with Crippen molar-refractivity contribution < 1.29 is 0 Å². The van der Waals surface area contributed by atoms with Gasteiger partial charge in [-0.1, -0.05) is 78.9 Å². The van der Waals surface area contributed by atoms with Gasteiger partial charge >= 0.3 is 0 Å². The van der Waals surface area contributed by atoms with Gasteiger partial charge in [0.1, 0.15) is 0 Å². The summed E-state index contributed by atoms with van der Waals surface area (Å²) in [5, 5.41) is 11.7. The summed E-state index contributed by atoms with van der Waals surface area (Å²) < 4.78 is 7.54. The summed E-state index contributed by atoms with van der Waals surface area (Å²) >= 11 is 1.89. The van der Waals surface area contributed by atoms with Crippen LogP contribution in [0.15, 0.2) is 134 Å². The standard InChI is InChI=1S/C38H22N2S/c1-2-11-24(12-3-1)40-31-16-8-6-14-26(31)28-20-30-29(21-33(28)40)36-32(39-22-23-10-4-5-13-25(23)38(30)39)18-19-35-37(36)27-15-7-9-17-34(27)41-35/h1-22H. The number of para-hydroxylation sites is 2. The van der Waals surface area contributed by atoms with E-state index in [4.69, 9.17) is 0 Å². The third-order valence-corrected chi connectivity index (χ3v) is 9.99. The molecule has 2 nitrogen and oxygen atoms in total. The van der Waals surface area contributed by atoms with E-state index in [0.29, 0.717) is 0 Å². The lowest BCUT2D eigenvalue weighted by molar-refractivity contribution is 1.18. The van der Waals surface area contributed by atoms with E-state index in [1.54, 1.807) is 0 Å². The zero-order chi connectivity index (χ0) is 26.7. The third kappa shape index (κ3) is 2.76. The summed E-state index contributed by atoms with van der Waals surface area (Å²) in [6.45, 7) is 0. The molecule has 3 heteroatoms. The highest BCUT2D eigenvalue weighted by Crippen LogP contribution is 2.45. The van der Waals surface area contributed by atoms with Crippen LogP contribution in [-0.2, 0) is 0 Å². The van der Waals surface area contributed by atoms with E-state index in [-0.39, 0.29) is 0 Å². The molecule has 0 spiro atoms. The molecular formula is C38H22N2S. The molecule has 0 atom stereocenters.